The van der Waals surface area contributed by atoms with E-state index in [1.54, 1.807) is 0 Å². The molecule has 3 aliphatic heterocycles. The first kappa shape index (κ1) is 15.0. The second kappa shape index (κ2) is 4.66. The van der Waals surface area contributed by atoms with Crippen LogP contribution in [0, 0.1) is 17.8 Å². The number of benzene rings is 1. The van der Waals surface area contributed by atoms with Gasteiger partial charge in [-0.3, -0.25) is 4.90 Å². The Bertz CT molecular complexity index is 821. The van der Waals surface area contributed by atoms with Crippen molar-refractivity contribution in [3.05, 3.63) is 35.1 Å². The van der Waals surface area contributed by atoms with E-state index in [4.69, 9.17) is 4.42 Å². The fourth-order valence-corrected chi connectivity index (χ4v) is 6.57. The van der Waals surface area contributed by atoms with Crippen LogP contribution < -0.4 is 0 Å². The molecule has 1 aliphatic carbocycles. The van der Waals surface area contributed by atoms with E-state index in [-0.39, 0.29) is 0 Å². The van der Waals surface area contributed by atoms with Crippen molar-refractivity contribution in [2.24, 2.45) is 10.8 Å². The first-order valence-electron chi connectivity index (χ1n) is 9.68. The molecule has 2 nitrogen and oxygen atoms in total. The Morgan fingerprint density at radius 2 is 2.12 bits per heavy atom. The number of nitrogens with zero attached hydrogens (tertiary/aromatic N) is 1. The van der Waals surface area contributed by atoms with Gasteiger partial charge in [-0.1, -0.05) is 32.4 Å². The third-order valence-electron chi connectivity index (χ3n) is 7.39. The molecule has 2 aromatic rings. The zero-order valence-electron chi connectivity index (χ0n) is 15.5. The number of piperidine rings is 2. The number of fused-ring (bicyclic) bond motifs is 4. The van der Waals surface area contributed by atoms with Crippen LogP contribution in [0.25, 0.3) is 11.0 Å². The quantitative estimate of drug-likeness (QED) is 0.710. The smallest absolute Gasteiger partial charge is 0.134 e. The van der Waals surface area contributed by atoms with Crippen LogP contribution in [0.15, 0.2) is 22.6 Å². The molecule has 2 heteroatoms. The van der Waals surface area contributed by atoms with E-state index in [1.165, 1.54) is 54.6 Å². The Labute approximate surface area is 145 Å². The minimum absolute atomic E-state index is 0.423. The molecule has 5 unspecified atom stereocenters. The van der Waals surface area contributed by atoms with Gasteiger partial charge in [0, 0.05) is 36.0 Å². The van der Waals surface area contributed by atoms with Crippen LogP contribution in [0.2, 0.25) is 0 Å². The van der Waals surface area contributed by atoms with Gasteiger partial charge in [0.25, 0.3) is 0 Å². The van der Waals surface area contributed by atoms with Gasteiger partial charge in [0.15, 0.2) is 0 Å². The summed E-state index contributed by atoms with van der Waals surface area (Å²) in [4.78, 5) is 2.82. The summed E-state index contributed by atoms with van der Waals surface area (Å²) in [6.07, 6.45) is 5.10. The highest BCUT2D eigenvalue weighted by atomic mass is 16.3. The number of rotatable bonds is 1. The standard InChI is InChI=1S/C22H29NO/c1-5-22(4)12-21(3)11-17-19-15(8-9-23(13-21)20(17)22)16-10-14(2)6-7-18(16)24-19/h6-7,10,17,20H,5,8-9,11-13H2,1-4H3. The van der Waals surface area contributed by atoms with Gasteiger partial charge in [-0.15, -0.1) is 0 Å². The molecule has 6 rings (SSSR count). The Balaban J connectivity index is 1.72. The normalized spacial score (nSPS) is 40.6. The van der Waals surface area contributed by atoms with Gasteiger partial charge in [0.2, 0.25) is 0 Å². The Morgan fingerprint density at radius 1 is 1.29 bits per heavy atom. The van der Waals surface area contributed by atoms with Crippen molar-refractivity contribution < 1.29 is 4.42 Å². The molecular formula is C22H29NO. The topological polar surface area (TPSA) is 16.4 Å². The number of hydrogen-bond donors (Lipinski definition) is 0. The lowest BCUT2D eigenvalue weighted by Crippen LogP contribution is -2.64. The summed E-state index contributed by atoms with van der Waals surface area (Å²) >= 11 is 0. The average molecular weight is 323 g/mol. The zero-order chi connectivity index (χ0) is 16.7. The molecular weight excluding hydrogens is 294 g/mol. The molecule has 2 saturated heterocycles. The van der Waals surface area contributed by atoms with Crippen molar-refractivity contribution in [3.8, 4) is 0 Å². The van der Waals surface area contributed by atoms with Crippen molar-refractivity contribution in [1.82, 2.24) is 4.90 Å². The molecule has 0 spiro atoms. The highest BCUT2D eigenvalue weighted by Crippen LogP contribution is 2.61. The maximum atomic E-state index is 6.52. The van der Waals surface area contributed by atoms with Crippen molar-refractivity contribution >= 4 is 11.0 Å². The highest BCUT2D eigenvalue weighted by molar-refractivity contribution is 5.83. The van der Waals surface area contributed by atoms with E-state index >= 15 is 0 Å². The second-order valence-corrected chi connectivity index (χ2v) is 9.42. The highest BCUT2D eigenvalue weighted by Gasteiger charge is 2.59. The summed E-state index contributed by atoms with van der Waals surface area (Å²) in [5.41, 5.74) is 4.82. The van der Waals surface area contributed by atoms with Gasteiger partial charge in [0.1, 0.15) is 11.3 Å². The lowest BCUT2D eigenvalue weighted by atomic mass is 9.52. The maximum absolute atomic E-state index is 6.52. The van der Waals surface area contributed by atoms with Crippen LogP contribution in [0.4, 0.5) is 0 Å². The number of aryl methyl sites for hydroxylation is 1. The van der Waals surface area contributed by atoms with Gasteiger partial charge in [0.05, 0.1) is 0 Å². The monoisotopic (exact) mass is 323 g/mol. The molecule has 1 aromatic heterocycles. The third-order valence-corrected chi connectivity index (χ3v) is 7.39. The lowest BCUT2D eigenvalue weighted by molar-refractivity contribution is -0.114. The summed E-state index contributed by atoms with van der Waals surface area (Å²) in [5.74, 6) is 1.90. The molecule has 5 atom stereocenters. The fraction of sp³-hybridized carbons (Fsp3) is 0.636. The summed E-state index contributed by atoms with van der Waals surface area (Å²) in [6, 6.07) is 7.36. The van der Waals surface area contributed by atoms with E-state index in [0.717, 1.165) is 12.0 Å². The summed E-state index contributed by atoms with van der Waals surface area (Å²) in [5, 5.41) is 1.37. The minimum atomic E-state index is 0.423. The molecule has 4 bridgehead atoms. The zero-order valence-corrected chi connectivity index (χ0v) is 15.5. The first-order valence-corrected chi connectivity index (χ1v) is 9.68. The van der Waals surface area contributed by atoms with Gasteiger partial charge in [-0.2, -0.15) is 0 Å². The predicted octanol–water partition coefficient (Wildman–Crippen LogP) is 5.28. The molecule has 24 heavy (non-hydrogen) atoms. The number of furan rings is 1. The van der Waals surface area contributed by atoms with Crippen LogP contribution in [0.3, 0.4) is 0 Å². The van der Waals surface area contributed by atoms with Crippen molar-refractivity contribution in [2.45, 2.75) is 65.3 Å². The largest absolute Gasteiger partial charge is 0.460 e. The van der Waals surface area contributed by atoms with E-state index in [0.29, 0.717) is 22.8 Å². The Hall–Kier alpha value is -1.28. The summed E-state index contributed by atoms with van der Waals surface area (Å²) in [6.45, 7) is 12.1. The van der Waals surface area contributed by atoms with Crippen LogP contribution >= 0.6 is 0 Å². The predicted molar refractivity (Wildman–Crippen MR) is 98.5 cm³/mol. The average Bonchev–Trinajstić information content (AvgIpc) is 2.83. The first-order chi connectivity index (χ1) is 11.4. The van der Waals surface area contributed by atoms with E-state index in [2.05, 4.69) is 50.8 Å². The third kappa shape index (κ3) is 1.87. The van der Waals surface area contributed by atoms with Crippen molar-refractivity contribution in [1.29, 1.82) is 0 Å². The molecule has 1 aromatic carbocycles. The van der Waals surface area contributed by atoms with Crippen LogP contribution in [0.5, 0.6) is 0 Å². The maximum Gasteiger partial charge on any atom is 0.134 e. The lowest BCUT2D eigenvalue weighted by Gasteiger charge is -2.62. The van der Waals surface area contributed by atoms with Gasteiger partial charge in [-0.05, 0) is 55.6 Å². The Kier molecular flexibility index (Phi) is 2.92. The molecule has 4 heterocycles. The van der Waals surface area contributed by atoms with Crippen LogP contribution in [0.1, 0.15) is 62.8 Å². The SMILES string of the molecule is CCC1(C)CC2(C)CC3c4oc5ccc(C)cc5c4CCN(C2)C31. The second-order valence-electron chi connectivity index (χ2n) is 9.42. The van der Waals surface area contributed by atoms with Crippen molar-refractivity contribution in [2.75, 3.05) is 13.1 Å². The molecule has 128 valence electrons. The molecule has 0 radical (unpaired) electrons. The summed E-state index contributed by atoms with van der Waals surface area (Å²) in [7, 11) is 0. The molecule has 0 N–H and O–H groups in total. The Morgan fingerprint density at radius 3 is 2.92 bits per heavy atom. The fourth-order valence-electron chi connectivity index (χ4n) is 6.57. The van der Waals surface area contributed by atoms with Crippen molar-refractivity contribution in [3.63, 3.8) is 0 Å². The molecule has 3 fully saturated rings. The molecule has 1 saturated carbocycles. The van der Waals surface area contributed by atoms with Gasteiger partial charge < -0.3 is 4.42 Å². The summed E-state index contributed by atoms with van der Waals surface area (Å²) < 4.78 is 6.52. The van der Waals surface area contributed by atoms with Gasteiger partial charge >= 0.3 is 0 Å². The van der Waals surface area contributed by atoms with Crippen LogP contribution in [-0.2, 0) is 6.42 Å². The number of hydrogen-bond acceptors (Lipinski definition) is 2. The molecule has 0 amide bonds. The van der Waals surface area contributed by atoms with E-state index in [9.17, 15) is 0 Å². The van der Waals surface area contributed by atoms with E-state index in [1.807, 2.05) is 0 Å². The van der Waals surface area contributed by atoms with Gasteiger partial charge in [-0.25, -0.2) is 0 Å². The minimum Gasteiger partial charge on any atom is -0.460 e. The molecule has 4 aliphatic rings. The van der Waals surface area contributed by atoms with Crippen LogP contribution in [-0.4, -0.2) is 24.0 Å². The van der Waals surface area contributed by atoms with E-state index < -0.39 is 0 Å².